The molecule has 7 nitrogen and oxygen atoms in total. The highest BCUT2D eigenvalue weighted by atomic mass is 79.9. The van der Waals surface area contributed by atoms with Gasteiger partial charge in [-0.15, -0.1) is 0 Å². The molecule has 5 rings (SSSR count). The van der Waals surface area contributed by atoms with Crippen molar-refractivity contribution in [1.82, 2.24) is 4.90 Å². The second kappa shape index (κ2) is 17.7. The lowest BCUT2D eigenvalue weighted by atomic mass is 9.85. The molecule has 2 unspecified atom stereocenters. The summed E-state index contributed by atoms with van der Waals surface area (Å²) in [6, 6.07) is 30.5. The second-order valence-corrected chi connectivity index (χ2v) is 20.7. The van der Waals surface area contributed by atoms with Crippen molar-refractivity contribution < 1.29 is 27.9 Å². The number of anilines is 1. The van der Waals surface area contributed by atoms with Crippen molar-refractivity contribution in [3.63, 3.8) is 0 Å². The third-order valence-electron chi connectivity index (χ3n) is 10.2. The van der Waals surface area contributed by atoms with E-state index in [0.717, 1.165) is 26.9 Å². The number of hydrogen-bond acceptors (Lipinski definition) is 6. The monoisotopic (exact) mass is 800 g/mol. The fourth-order valence-electron chi connectivity index (χ4n) is 6.36. The standard InChI is InChI=1S/C43H50BrFN2O5Si/c1-7-26-50-39-28-32(44)20-23-36(39)40(46-34-16-12-9-13-17-34)37(41(48)47-35(29-51-42(47)49)27-30-14-10-8-11-15-30)24-25-38(31-18-21-33(45)22-19-31)52-53(5,6)43(2,3)4/h7-23,28,35,37-38,40,46H,1,24-27,29H2,2-6H3/t35-,37?,38?,40+/m0/s1. The summed E-state index contributed by atoms with van der Waals surface area (Å²) in [4.78, 5) is 30.1. The fourth-order valence-corrected chi connectivity index (χ4v) is 8.02. The number of rotatable bonds is 16. The van der Waals surface area contributed by atoms with Crippen LogP contribution >= 0.6 is 15.9 Å². The smallest absolute Gasteiger partial charge is 0.416 e. The van der Waals surface area contributed by atoms with Gasteiger partial charge in [-0.3, -0.25) is 4.79 Å². The minimum Gasteiger partial charge on any atom is -0.489 e. The van der Waals surface area contributed by atoms with Crippen LogP contribution in [0.1, 0.15) is 62.4 Å². The molecule has 1 saturated heterocycles. The number of carbonyl (C=O) groups excluding carboxylic acids is 2. The molecule has 0 spiro atoms. The molecule has 1 fully saturated rings. The van der Waals surface area contributed by atoms with Crippen LogP contribution in [0.4, 0.5) is 14.9 Å². The van der Waals surface area contributed by atoms with E-state index in [-0.39, 0.29) is 30.0 Å². The SMILES string of the molecule is C=CCOc1cc(Br)ccc1[C@@H](Nc1ccccc1)C(CCC(O[Si](C)(C)C(C)(C)C)c1ccc(F)cc1)C(=O)N1C(=O)OC[C@@H]1Cc1ccccc1. The van der Waals surface area contributed by atoms with E-state index in [1.54, 1.807) is 18.2 Å². The number of halogens is 2. The normalized spacial score (nSPS) is 16.4. The quantitative estimate of drug-likeness (QED) is 0.0898. The first kappa shape index (κ1) is 39.9. The molecule has 1 aliphatic heterocycles. The highest BCUT2D eigenvalue weighted by molar-refractivity contribution is 9.10. The zero-order chi connectivity index (χ0) is 38.2. The number of imide groups is 1. The number of nitrogens with one attached hydrogen (secondary N) is 1. The molecule has 0 radical (unpaired) electrons. The maximum Gasteiger partial charge on any atom is 0.416 e. The highest BCUT2D eigenvalue weighted by Gasteiger charge is 2.45. The van der Waals surface area contributed by atoms with Crippen molar-refractivity contribution in [2.24, 2.45) is 5.92 Å². The van der Waals surface area contributed by atoms with Gasteiger partial charge in [0.15, 0.2) is 8.32 Å². The maximum atomic E-state index is 15.2. The molecule has 2 amide bonds. The zero-order valence-electron chi connectivity index (χ0n) is 31.2. The summed E-state index contributed by atoms with van der Waals surface area (Å²) in [5, 5.41) is 3.56. The first-order chi connectivity index (χ1) is 25.3. The first-order valence-electron chi connectivity index (χ1n) is 18.1. The predicted octanol–water partition coefficient (Wildman–Crippen LogP) is 11.1. The third kappa shape index (κ3) is 10.2. The van der Waals surface area contributed by atoms with E-state index in [0.29, 0.717) is 25.0 Å². The molecule has 4 aromatic rings. The molecule has 0 aliphatic carbocycles. The van der Waals surface area contributed by atoms with Crippen LogP contribution < -0.4 is 10.1 Å². The van der Waals surface area contributed by atoms with Crippen LogP contribution in [0.5, 0.6) is 5.75 Å². The molecule has 10 heteroatoms. The fraction of sp³-hybridized carbons (Fsp3) is 0.349. The Bertz CT molecular complexity index is 1840. The maximum absolute atomic E-state index is 15.2. The summed E-state index contributed by atoms with van der Waals surface area (Å²) in [5.74, 6) is -0.913. The molecule has 0 saturated carbocycles. The zero-order valence-corrected chi connectivity index (χ0v) is 33.8. The largest absolute Gasteiger partial charge is 0.489 e. The van der Waals surface area contributed by atoms with Gasteiger partial charge in [-0.25, -0.2) is 14.1 Å². The topological polar surface area (TPSA) is 77.1 Å². The van der Waals surface area contributed by atoms with E-state index in [1.807, 2.05) is 78.9 Å². The molecule has 4 atom stereocenters. The Hall–Kier alpha value is -4.25. The summed E-state index contributed by atoms with van der Waals surface area (Å²) in [5.41, 5.74) is 3.37. The summed E-state index contributed by atoms with van der Waals surface area (Å²) in [6.45, 7) is 15.1. The Morgan fingerprint density at radius 3 is 2.32 bits per heavy atom. The molecular formula is C43H50BrFN2O5Si. The van der Waals surface area contributed by atoms with Gasteiger partial charge in [-0.05, 0) is 84.9 Å². The number of amides is 2. The molecule has 1 aliphatic rings. The van der Waals surface area contributed by atoms with Crippen molar-refractivity contribution in [2.75, 3.05) is 18.5 Å². The number of para-hydroxylation sites is 1. The minimum atomic E-state index is -2.35. The van der Waals surface area contributed by atoms with Crippen molar-refractivity contribution in [2.45, 2.75) is 76.4 Å². The molecule has 1 heterocycles. The average Bonchev–Trinajstić information content (AvgIpc) is 3.49. The number of hydrogen-bond donors (Lipinski definition) is 1. The summed E-state index contributed by atoms with van der Waals surface area (Å²) < 4.78 is 33.8. The summed E-state index contributed by atoms with van der Waals surface area (Å²) in [6.07, 6.45) is 1.78. The average molecular weight is 802 g/mol. The van der Waals surface area contributed by atoms with Gasteiger partial charge < -0.3 is 19.2 Å². The molecule has 280 valence electrons. The van der Waals surface area contributed by atoms with Crippen LogP contribution in [0.2, 0.25) is 18.1 Å². The van der Waals surface area contributed by atoms with Crippen LogP contribution in [0.3, 0.4) is 0 Å². The Kier molecular flexibility index (Phi) is 13.4. The molecular weight excluding hydrogens is 751 g/mol. The van der Waals surface area contributed by atoms with Crippen LogP contribution in [-0.2, 0) is 20.4 Å². The predicted molar refractivity (Wildman–Crippen MR) is 215 cm³/mol. The van der Waals surface area contributed by atoms with Gasteiger partial charge in [-0.1, -0.05) is 116 Å². The van der Waals surface area contributed by atoms with E-state index in [9.17, 15) is 9.18 Å². The van der Waals surface area contributed by atoms with Gasteiger partial charge in [0, 0.05) is 15.7 Å². The lowest BCUT2D eigenvalue weighted by Gasteiger charge is -2.40. The Morgan fingerprint density at radius 2 is 1.68 bits per heavy atom. The second-order valence-electron chi connectivity index (χ2n) is 15.0. The van der Waals surface area contributed by atoms with E-state index >= 15 is 4.79 Å². The molecule has 0 aromatic heterocycles. The van der Waals surface area contributed by atoms with E-state index in [4.69, 9.17) is 13.9 Å². The van der Waals surface area contributed by atoms with Gasteiger partial charge in [0.25, 0.3) is 0 Å². The van der Waals surface area contributed by atoms with Gasteiger partial charge in [0.05, 0.1) is 24.1 Å². The van der Waals surface area contributed by atoms with Gasteiger partial charge in [0.2, 0.25) is 5.91 Å². The molecule has 0 bridgehead atoms. The van der Waals surface area contributed by atoms with Crippen molar-refractivity contribution in [3.8, 4) is 5.75 Å². The lowest BCUT2D eigenvalue weighted by Crippen LogP contribution is -2.46. The van der Waals surface area contributed by atoms with Crippen molar-refractivity contribution in [3.05, 3.63) is 143 Å². The summed E-state index contributed by atoms with van der Waals surface area (Å²) in [7, 11) is -2.35. The van der Waals surface area contributed by atoms with E-state index in [2.05, 4.69) is 61.7 Å². The Morgan fingerprint density at radius 1 is 1.02 bits per heavy atom. The number of nitrogens with zero attached hydrogens (tertiary/aromatic N) is 1. The van der Waals surface area contributed by atoms with Gasteiger partial charge in [0.1, 0.15) is 24.8 Å². The number of cyclic esters (lactones) is 1. The van der Waals surface area contributed by atoms with E-state index < -0.39 is 38.5 Å². The van der Waals surface area contributed by atoms with Crippen LogP contribution in [0, 0.1) is 11.7 Å². The third-order valence-corrected chi connectivity index (χ3v) is 15.2. The lowest BCUT2D eigenvalue weighted by molar-refractivity contribution is -0.134. The molecule has 1 N–H and O–H groups in total. The minimum absolute atomic E-state index is 0.0988. The Balaban J connectivity index is 1.62. The van der Waals surface area contributed by atoms with E-state index in [1.165, 1.54) is 17.0 Å². The Labute approximate surface area is 322 Å². The number of benzene rings is 4. The van der Waals surface area contributed by atoms with Crippen molar-refractivity contribution in [1.29, 1.82) is 0 Å². The van der Waals surface area contributed by atoms with Crippen LogP contribution in [0.25, 0.3) is 0 Å². The molecule has 53 heavy (non-hydrogen) atoms. The van der Waals surface area contributed by atoms with Gasteiger partial charge in [-0.2, -0.15) is 0 Å². The number of ether oxygens (including phenoxy) is 2. The van der Waals surface area contributed by atoms with Crippen molar-refractivity contribution >= 4 is 41.9 Å². The molecule has 4 aromatic carbocycles. The van der Waals surface area contributed by atoms with Gasteiger partial charge >= 0.3 is 6.09 Å². The summed E-state index contributed by atoms with van der Waals surface area (Å²) >= 11 is 3.59. The number of carbonyl (C=O) groups is 2. The van der Waals surface area contributed by atoms with Crippen LogP contribution in [-0.4, -0.2) is 44.5 Å². The van der Waals surface area contributed by atoms with Crippen LogP contribution in [0.15, 0.2) is 120 Å². The first-order valence-corrected chi connectivity index (χ1v) is 21.8. The highest BCUT2D eigenvalue weighted by Crippen LogP contribution is 2.44.